The van der Waals surface area contributed by atoms with E-state index in [1.54, 1.807) is 0 Å². The molecule has 13 nitrogen and oxygen atoms in total. The van der Waals surface area contributed by atoms with E-state index in [9.17, 15) is 29.4 Å². The third-order valence-electron chi connectivity index (χ3n) is 5.87. The Hall–Kier alpha value is -3.81. The van der Waals surface area contributed by atoms with Gasteiger partial charge in [0, 0.05) is 18.3 Å². The number of nitrogens with two attached hydrogens (primary N) is 2. The lowest BCUT2D eigenvalue weighted by molar-refractivity contribution is -0.142. The number of hydrogen-bond donors (Lipinski definition) is 8. The topological polar surface area (TPSA) is 226 Å². The Morgan fingerprint density at radius 3 is 2.24 bits per heavy atom. The van der Waals surface area contributed by atoms with Crippen molar-refractivity contribution in [1.29, 1.82) is 0 Å². The van der Waals surface area contributed by atoms with Crippen LogP contribution in [0.1, 0.15) is 37.4 Å². The van der Waals surface area contributed by atoms with Crippen LogP contribution < -0.4 is 27.4 Å². The molecule has 0 aliphatic heterocycles. The van der Waals surface area contributed by atoms with Crippen molar-refractivity contribution in [1.82, 2.24) is 25.9 Å². The van der Waals surface area contributed by atoms with Gasteiger partial charge in [0.05, 0.1) is 18.5 Å². The highest BCUT2D eigenvalue weighted by Crippen LogP contribution is 2.07. The standard InChI is InChI=1S/C25H37N7O6/c1-15(33)21(32-22(34)18(27)11-16-7-3-2-4-8-16)24(36)30-19(9-5-6-10-26)23(35)31-20(25(37)38)12-17-13-28-14-29-17/h2-4,7-8,13-15,18-21,33H,5-6,9-12,26-27H2,1H3,(H,28,29)(H,30,36)(H,31,35)(H,32,34)(H,37,38). The summed E-state index contributed by atoms with van der Waals surface area (Å²) in [6, 6.07) is 4.30. The first-order chi connectivity index (χ1) is 18.1. The number of aliphatic hydroxyl groups is 1. The minimum absolute atomic E-state index is 0.0454. The van der Waals surface area contributed by atoms with Crippen LogP contribution in [0.3, 0.4) is 0 Å². The van der Waals surface area contributed by atoms with E-state index in [0.717, 1.165) is 5.56 Å². The van der Waals surface area contributed by atoms with Crippen molar-refractivity contribution >= 4 is 23.7 Å². The number of carboxylic acids is 1. The average molecular weight is 532 g/mol. The molecule has 0 saturated heterocycles. The van der Waals surface area contributed by atoms with Gasteiger partial charge in [0.1, 0.15) is 18.1 Å². The van der Waals surface area contributed by atoms with Gasteiger partial charge in [-0.05, 0) is 44.7 Å². The van der Waals surface area contributed by atoms with Crippen molar-refractivity contribution in [2.24, 2.45) is 11.5 Å². The van der Waals surface area contributed by atoms with Gasteiger partial charge < -0.3 is 42.6 Å². The van der Waals surface area contributed by atoms with Gasteiger partial charge >= 0.3 is 5.97 Å². The number of carbonyl (C=O) groups is 4. The van der Waals surface area contributed by atoms with E-state index >= 15 is 0 Å². The predicted molar refractivity (Wildman–Crippen MR) is 138 cm³/mol. The average Bonchev–Trinajstić information content (AvgIpc) is 3.39. The minimum Gasteiger partial charge on any atom is -0.480 e. The molecule has 1 aromatic heterocycles. The van der Waals surface area contributed by atoms with Gasteiger partial charge in [0.2, 0.25) is 17.7 Å². The Morgan fingerprint density at radius 1 is 0.974 bits per heavy atom. The number of aromatic amines is 1. The quantitative estimate of drug-likeness (QED) is 0.119. The number of nitrogens with one attached hydrogen (secondary N) is 4. The van der Waals surface area contributed by atoms with Crippen molar-refractivity contribution in [3.8, 4) is 0 Å². The number of rotatable bonds is 16. The van der Waals surface area contributed by atoms with Crippen LogP contribution in [-0.2, 0) is 32.0 Å². The number of amides is 3. The first-order valence-corrected chi connectivity index (χ1v) is 12.4. The predicted octanol–water partition coefficient (Wildman–Crippen LogP) is -1.43. The largest absolute Gasteiger partial charge is 0.480 e. The van der Waals surface area contributed by atoms with E-state index in [1.807, 2.05) is 30.3 Å². The van der Waals surface area contributed by atoms with Crippen molar-refractivity contribution < 1.29 is 29.4 Å². The fourth-order valence-corrected chi connectivity index (χ4v) is 3.74. The molecule has 0 spiro atoms. The van der Waals surface area contributed by atoms with Crippen LogP contribution in [0.4, 0.5) is 0 Å². The lowest BCUT2D eigenvalue weighted by atomic mass is 10.0. The zero-order chi connectivity index (χ0) is 28.1. The number of H-pyrrole nitrogens is 1. The van der Waals surface area contributed by atoms with Crippen LogP contribution in [-0.4, -0.2) is 80.7 Å². The molecule has 0 bridgehead atoms. The molecule has 38 heavy (non-hydrogen) atoms. The van der Waals surface area contributed by atoms with E-state index in [1.165, 1.54) is 19.4 Å². The number of imidazole rings is 1. The summed E-state index contributed by atoms with van der Waals surface area (Å²) < 4.78 is 0. The Labute approximate surface area is 220 Å². The number of benzene rings is 1. The number of aromatic nitrogens is 2. The Kier molecular flexibility index (Phi) is 12.4. The monoisotopic (exact) mass is 531 g/mol. The smallest absolute Gasteiger partial charge is 0.326 e. The lowest BCUT2D eigenvalue weighted by Gasteiger charge is -2.26. The van der Waals surface area contributed by atoms with E-state index in [-0.39, 0.29) is 19.3 Å². The van der Waals surface area contributed by atoms with Gasteiger partial charge in [-0.25, -0.2) is 9.78 Å². The molecule has 2 aromatic rings. The van der Waals surface area contributed by atoms with E-state index < -0.39 is 54.0 Å². The Balaban J connectivity index is 2.08. The number of nitrogens with zero attached hydrogens (tertiary/aromatic N) is 1. The summed E-state index contributed by atoms with van der Waals surface area (Å²) in [6.45, 7) is 1.69. The molecule has 1 aromatic carbocycles. The summed E-state index contributed by atoms with van der Waals surface area (Å²) in [7, 11) is 0. The molecule has 10 N–H and O–H groups in total. The number of unbranched alkanes of at least 4 members (excludes halogenated alkanes) is 1. The van der Waals surface area contributed by atoms with E-state index in [0.29, 0.717) is 25.1 Å². The fraction of sp³-hybridized carbons (Fsp3) is 0.480. The summed E-state index contributed by atoms with van der Waals surface area (Å²) in [5, 5.41) is 27.2. The maximum absolute atomic E-state index is 13.1. The molecule has 0 radical (unpaired) electrons. The van der Waals surface area contributed by atoms with Crippen molar-refractivity contribution in [3.63, 3.8) is 0 Å². The molecule has 5 unspecified atom stereocenters. The Morgan fingerprint density at radius 2 is 1.66 bits per heavy atom. The van der Waals surface area contributed by atoms with Crippen molar-refractivity contribution in [3.05, 3.63) is 54.1 Å². The number of carbonyl (C=O) groups excluding carboxylic acids is 3. The SMILES string of the molecule is CC(O)C(NC(=O)C(N)Cc1ccccc1)C(=O)NC(CCCCN)C(=O)NC(Cc1cnc[nH]1)C(=O)O. The third-order valence-corrected chi connectivity index (χ3v) is 5.87. The van der Waals surface area contributed by atoms with Gasteiger partial charge in [-0.1, -0.05) is 30.3 Å². The van der Waals surface area contributed by atoms with Gasteiger partial charge in [0.25, 0.3) is 0 Å². The van der Waals surface area contributed by atoms with Crippen molar-refractivity contribution in [2.75, 3.05) is 6.54 Å². The second-order valence-electron chi connectivity index (χ2n) is 9.05. The fourth-order valence-electron chi connectivity index (χ4n) is 3.74. The van der Waals surface area contributed by atoms with Gasteiger partial charge in [-0.2, -0.15) is 0 Å². The van der Waals surface area contributed by atoms with Gasteiger partial charge in [-0.15, -0.1) is 0 Å². The van der Waals surface area contributed by atoms with Gasteiger partial charge in [-0.3, -0.25) is 14.4 Å². The van der Waals surface area contributed by atoms with Crippen LogP contribution in [0.5, 0.6) is 0 Å². The number of aliphatic hydroxyl groups excluding tert-OH is 1. The molecule has 3 amide bonds. The molecule has 0 aliphatic carbocycles. The number of hydrogen-bond acceptors (Lipinski definition) is 8. The summed E-state index contributed by atoms with van der Waals surface area (Å²) in [6.07, 6.45) is 2.92. The molecule has 1 heterocycles. The summed E-state index contributed by atoms with van der Waals surface area (Å²) in [5.41, 5.74) is 12.9. The Bertz CT molecular complexity index is 1030. The maximum atomic E-state index is 13.1. The van der Waals surface area contributed by atoms with Crippen LogP contribution >= 0.6 is 0 Å². The van der Waals surface area contributed by atoms with Gasteiger partial charge in [0.15, 0.2) is 0 Å². The molecule has 0 aliphatic rings. The summed E-state index contributed by atoms with van der Waals surface area (Å²) >= 11 is 0. The van der Waals surface area contributed by atoms with Crippen LogP contribution in [0.2, 0.25) is 0 Å². The second-order valence-corrected chi connectivity index (χ2v) is 9.05. The summed E-state index contributed by atoms with van der Waals surface area (Å²) in [4.78, 5) is 57.1. The molecule has 208 valence electrons. The molecule has 0 saturated carbocycles. The summed E-state index contributed by atoms with van der Waals surface area (Å²) in [5.74, 6) is -3.45. The van der Waals surface area contributed by atoms with Crippen LogP contribution in [0, 0.1) is 0 Å². The number of aliphatic carboxylic acids is 1. The first kappa shape index (κ1) is 30.4. The zero-order valence-corrected chi connectivity index (χ0v) is 21.3. The molecule has 13 heteroatoms. The molecule has 5 atom stereocenters. The lowest BCUT2D eigenvalue weighted by Crippen LogP contribution is -2.60. The van der Waals surface area contributed by atoms with Crippen LogP contribution in [0.25, 0.3) is 0 Å². The highest BCUT2D eigenvalue weighted by Gasteiger charge is 2.32. The highest BCUT2D eigenvalue weighted by atomic mass is 16.4. The molecular weight excluding hydrogens is 494 g/mol. The minimum atomic E-state index is -1.39. The zero-order valence-electron chi connectivity index (χ0n) is 21.3. The van der Waals surface area contributed by atoms with Crippen LogP contribution in [0.15, 0.2) is 42.9 Å². The molecular formula is C25H37N7O6. The maximum Gasteiger partial charge on any atom is 0.326 e. The third kappa shape index (κ3) is 9.92. The normalized spacial score (nSPS) is 14.9. The van der Waals surface area contributed by atoms with E-state index in [2.05, 4.69) is 25.9 Å². The van der Waals surface area contributed by atoms with Crippen molar-refractivity contribution in [2.45, 2.75) is 69.3 Å². The van der Waals surface area contributed by atoms with E-state index in [4.69, 9.17) is 11.5 Å². The first-order valence-electron chi connectivity index (χ1n) is 12.4. The molecule has 2 rings (SSSR count). The second kappa shape index (κ2) is 15.4. The highest BCUT2D eigenvalue weighted by molar-refractivity contribution is 5.94. The number of carboxylic acid groups (broad SMARTS) is 1. The molecule has 0 fully saturated rings.